The van der Waals surface area contributed by atoms with Crippen molar-refractivity contribution in [2.75, 3.05) is 6.61 Å². The number of hydrogen-bond acceptors (Lipinski definition) is 5. The Morgan fingerprint density at radius 1 is 1.13 bits per heavy atom. The quantitative estimate of drug-likeness (QED) is 0.365. The summed E-state index contributed by atoms with van der Waals surface area (Å²) < 4.78 is 108. The van der Waals surface area contributed by atoms with Gasteiger partial charge in [0.1, 0.15) is 0 Å². The largest absolute Gasteiger partial charge is 0.449 e. The molecule has 1 aromatic rings. The molecule has 1 heterocycles. The van der Waals surface area contributed by atoms with Gasteiger partial charge in [-0.05, 0) is 31.4 Å². The molecule has 0 aliphatic heterocycles. The molecule has 0 aromatic carbocycles. The van der Waals surface area contributed by atoms with Crippen LogP contribution in [0.4, 0.5) is 35.1 Å². The van der Waals surface area contributed by atoms with Crippen LogP contribution in [-0.4, -0.2) is 53.3 Å². The summed E-state index contributed by atoms with van der Waals surface area (Å²) in [5, 5.41) is 0. The van der Waals surface area contributed by atoms with Crippen LogP contribution >= 0.6 is 0 Å². The Labute approximate surface area is 170 Å². The highest BCUT2D eigenvalue weighted by atomic mass is 19.4. The third-order valence-electron chi connectivity index (χ3n) is 4.38. The van der Waals surface area contributed by atoms with Gasteiger partial charge in [-0.15, -0.1) is 0 Å². The zero-order valence-electron chi connectivity index (χ0n) is 15.6. The van der Waals surface area contributed by atoms with Crippen LogP contribution in [0.3, 0.4) is 0 Å². The zero-order valence-corrected chi connectivity index (χ0v) is 15.6. The van der Waals surface area contributed by atoms with E-state index in [2.05, 4.69) is 14.5 Å². The smallest absolute Gasteiger partial charge is 0.422 e. The van der Waals surface area contributed by atoms with Gasteiger partial charge in [0.05, 0.1) is 29.9 Å². The normalized spacial score (nSPS) is 19.5. The minimum Gasteiger partial charge on any atom is -0.449 e. The minimum atomic E-state index is -4.91. The number of carbonyl (C=O) groups excluding carboxylic acids is 2. The third kappa shape index (κ3) is 7.29. The van der Waals surface area contributed by atoms with Crippen molar-refractivity contribution >= 4 is 11.9 Å². The SMILES string of the molecule is O=C(OCC(F)(F)F)C(=O)N(Cc1ccc(C(F)(F)F)cn1)[C@H]1CCC[C@@H]1OC(F)F. The maximum Gasteiger partial charge on any atom is 0.422 e. The lowest BCUT2D eigenvalue weighted by molar-refractivity contribution is -0.193. The highest BCUT2D eigenvalue weighted by Gasteiger charge is 2.41. The van der Waals surface area contributed by atoms with Gasteiger partial charge >= 0.3 is 30.8 Å². The van der Waals surface area contributed by atoms with Gasteiger partial charge in [-0.1, -0.05) is 0 Å². The number of nitrogens with zero attached hydrogens (tertiary/aromatic N) is 2. The Balaban J connectivity index is 2.25. The monoisotopic (exact) mass is 464 g/mol. The van der Waals surface area contributed by atoms with Gasteiger partial charge in [0, 0.05) is 6.20 Å². The molecule has 174 valence electrons. The molecule has 2 rings (SSSR count). The van der Waals surface area contributed by atoms with E-state index in [0.717, 1.165) is 6.07 Å². The van der Waals surface area contributed by atoms with Gasteiger partial charge in [0.2, 0.25) is 0 Å². The van der Waals surface area contributed by atoms with E-state index >= 15 is 0 Å². The summed E-state index contributed by atoms with van der Waals surface area (Å²) in [4.78, 5) is 28.4. The van der Waals surface area contributed by atoms with E-state index in [-0.39, 0.29) is 18.5 Å². The maximum atomic E-state index is 12.7. The number of carbonyl (C=O) groups is 2. The molecule has 0 spiro atoms. The zero-order chi connectivity index (χ0) is 23.4. The molecule has 0 N–H and O–H groups in total. The fourth-order valence-corrected chi connectivity index (χ4v) is 3.08. The molecule has 1 amide bonds. The number of amides is 1. The summed E-state index contributed by atoms with van der Waals surface area (Å²) >= 11 is 0. The maximum absolute atomic E-state index is 12.7. The molecule has 0 unspecified atom stereocenters. The third-order valence-corrected chi connectivity index (χ3v) is 4.38. The Bertz CT molecular complexity index is 767. The number of halogens is 8. The lowest BCUT2D eigenvalue weighted by Gasteiger charge is -2.32. The Morgan fingerprint density at radius 2 is 1.81 bits per heavy atom. The second kappa shape index (κ2) is 9.75. The van der Waals surface area contributed by atoms with Crippen molar-refractivity contribution in [3.8, 4) is 0 Å². The molecule has 6 nitrogen and oxygen atoms in total. The Kier molecular flexibility index (Phi) is 7.78. The minimum absolute atomic E-state index is 0.0658. The summed E-state index contributed by atoms with van der Waals surface area (Å²) in [5.74, 6) is -3.48. The summed E-state index contributed by atoms with van der Waals surface area (Å²) in [7, 11) is 0. The lowest BCUT2D eigenvalue weighted by atomic mass is 10.1. The van der Waals surface area contributed by atoms with Gasteiger partial charge in [-0.2, -0.15) is 35.1 Å². The fraction of sp³-hybridized carbons (Fsp3) is 0.588. The van der Waals surface area contributed by atoms with Crippen molar-refractivity contribution in [3.63, 3.8) is 0 Å². The predicted octanol–water partition coefficient (Wildman–Crippen LogP) is 3.69. The van der Waals surface area contributed by atoms with Crippen LogP contribution in [-0.2, 0) is 31.8 Å². The van der Waals surface area contributed by atoms with Gasteiger partial charge in [0.15, 0.2) is 6.61 Å². The van der Waals surface area contributed by atoms with E-state index in [4.69, 9.17) is 0 Å². The molecular weight excluding hydrogens is 448 g/mol. The van der Waals surface area contributed by atoms with E-state index in [1.54, 1.807) is 0 Å². The molecule has 1 aliphatic rings. The molecule has 14 heteroatoms. The van der Waals surface area contributed by atoms with E-state index in [9.17, 15) is 44.7 Å². The molecule has 0 saturated heterocycles. The second-order valence-electron chi connectivity index (χ2n) is 6.59. The molecule has 31 heavy (non-hydrogen) atoms. The molecule has 1 aliphatic carbocycles. The summed E-state index contributed by atoms with van der Waals surface area (Å²) in [6.07, 6.45) is -9.96. The van der Waals surface area contributed by atoms with Crippen molar-refractivity contribution in [2.24, 2.45) is 0 Å². The average molecular weight is 464 g/mol. The van der Waals surface area contributed by atoms with E-state index < -0.39 is 61.7 Å². The molecule has 1 aromatic heterocycles. The van der Waals surface area contributed by atoms with E-state index in [1.807, 2.05) is 0 Å². The van der Waals surface area contributed by atoms with Crippen molar-refractivity contribution in [2.45, 2.75) is 56.9 Å². The molecular formula is C17H16F8N2O4. The van der Waals surface area contributed by atoms with E-state index in [1.165, 1.54) is 0 Å². The molecule has 1 fully saturated rings. The molecule has 0 bridgehead atoms. The van der Waals surface area contributed by atoms with Crippen LogP contribution in [0.1, 0.15) is 30.5 Å². The highest BCUT2D eigenvalue weighted by Crippen LogP contribution is 2.31. The summed E-state index contributed by atoms with van der Waals surface area (Å²) in [6, 6.07) is 0.389. The van der Waals surface area contributed by atoms with Gasteiger partial charge in [-0.3, -0.25) is 9.78 Å². The lowest BCUT2D eigenvalue weighted by Crippen LogP contribution is -2.48. The van der Waals surface area contributed by atoms with Crippen LogP contribution in [0, 0.1) is 0 Å². The van der Waals surface area contributed by atoms with Crippen LogP contribution in [0.25, 0.3) is 0 Å². The molecule has 0 radical (unpaired) electrons. The first-order valence-corrected chi connectivity index (χ1v) is 8.78. The number of aromatic nitrogens is 1. The summed E-state index contributed by atoms with van der Waals surface area (Å²) in [6.45, 7) is -5.90. The van der Waals surface area contributed by atoms with Gasteiger partial charge < -0.3 is 14.4 Å². The van der Waals surface area contributed by atoms with Crippen LogP contribution in [0.2, 0.25) is 0 Å². The van der Waals surface area contributed by atoms with Gasteiger partial charge in [0.25, 0.3) is 0 Å². The van der Waals surface area contributed by atoms with Gasteiger partial charge in [-0.25, -0.2) is 4.79 Å². The number of rotatable bonds is 6. The van der Waals surface area contributed by atoms with Crippen molar-refractivity contribution in [1.29, 1.82) is 0 Å². The first kappa shape index (κ1) is 24.8. The van der Waals surface area contributed by atoms with E-state index in [0.29, 0.717) is 23.6 Å². The average Bonchev–Trinajstić information content (AvgIpc) is 3.09. The Hall–Kier alpha value is -2.51. The van der Waals surface area contributed by atoms with Crippen LogP contribution < -0.4 is 0 Å². The highest BCUT2D eigenvalue weighted by molar-refractivity contribution is 6.32. The predicted molar refractivity (Wildman–Crippen MR) is 85.3 cm³/mol. The van der Waals surface area contributed by atoms with Crippen LogP contribution in [0.5, 0.6) is 0 Å². The number of pyridine rings is 1. The molecule has 1 saturated carbocycles. The number of alkyl halides is 8. The Morgan fingerprint density at radius 3 is 2.32 bits per heavy atom. The topological polar surface area (TPSA) is 68.7 Å². The van der Waals surface area contributed by atoms with Crippen molar-refractivity contribution in [3.05, 3.63) is 29.6 Å². The van der Waals surface area contributed by atoms with Crippen molar-refractivity contribution < 1.29 is 54.2 Å². The fourth-order valence-electron chi connectivity index (χ4n) is 3.08. The number of hydrogen-bond donors (Lipinski definition) is 0. The second-order valence-corrected chi connectivity index (χ2v) is 6.59. The number of ether oxygens (including phenoxy) is 2. The number of esters is 1. The first-order chi connectivity index (χ1) is 14.3. The first-order valence-electron chi connectivity index (χ1n) is 8.78. The van der Waals surface area contributed by atoms with Crippen LogP contribution in [0.15, 0.2) is 18.3 Å². The van der Waals surface area contributed by atoms with Crippen molar-refractivity contribution in [1.82, 2.24) is 9.88 Å². The summed E-state index contributed by atoms with van der Waals surface area (Å²) in [5.41, 5.74) is -1.26. The molecule has 2 atom stereocenters. The standard InChI is InChI=1S/C17H16F8N2O4/c18-15(19)31-12-3-1-2-11(12)27(13(28)14(29)30-8-16(20,21)22)7-10-5-4-9(6-26-10)17(23,24)25/h4-6,11-12,15H,1-3,7-8H2/t11-,12-/m0/s1.